The lowest BCUT2D eigenvalue weighted by Crippen LogP contribution is -2.52. The van der Waals surface area contributed by atoms with E-state index in [1.807, 2.05) is 62.4 Å². The van der Waals surface area contributed by atoms with Crippen LogP contribution in [-0.4, -0.2) is 94.0 Å². The summed E-state index contributed by atoms with van der Waals surface area (Å²) in [5, 5.41) is 17.7. The SMILES string of the molecule is CC(C)(CCCCCNC(=O)c1ccccc1)CN(C[C@@H](O)[C@H](Cc1ccccc1)NC(=O)O[C@H]1CO[C@H]2OCC[C@H]21)S(=O)(=O)c1ccc2c(c1)OCO2. The lowest BCUT2D eigenvalue weighted by Gasteiger charge is -2.35. The van der Waals surface area contributed by atoms with Crippen LogP contribution in [0.25, 0.3) is 0 Å². The van der Waals surface area contributed by atoms with Crippen molar-refractivity contribution in [2.24, 2.45) is 11.3 Å². The van der Waals surface area contributed by atoms with Crippen molar-refractivity contribution in [3.05, 3.63) is 90.0 Å². The number of hydrogen-bond donors (Lipinski definition) is 3. The second-order valence-electron chi connectivity index (χ2n) is 14.9. The summed E-state index contributed by atoms with van der Waals surface area (Å²) in [7, 11) is -4.17. The first-order valence-corrected chi connectivity index (χ1v) is 20.1. The van der Waals surface area contributed by atoms with E-state index in [0.717, 1.165) is 24.8 Å². The molecule has 3 heterocycles. The molecule has 0 bridgehead atoms. The zero-order valence-electron chi connectivity index (χ0n) is 30.9. The first-order valence-electron chi connectivity index (χ1n) is 18.6. The molecule has 0 spiro atoms. The van der Waals surface area contributed by atoms with Gasteiger partial charge in [0.2, 0.25) is 16.8 Å². The zero-order chi connectivity index (χ0) is 38.1. The Morgan fingerprint density at radius 2 is 1.70 bits per heavy atom. The number of unbranched alkanes of at least 4 members (excludes halogenated alkanes) is 2. The van der Waals surface area contributed by atoms with Crippen molar-refractivity contribution in [1.29, 1.82) is 0 Å². The molecule has 0 saturated carbocycles. The number of carbonyl (C=O) groups excluding carboxylic acids is 2. The number of nitrogens with zero attached hydrogens (tertiary/aromatic N) is 1. The average molecular weight is 766 g/mol. The van der Waals surface area contributed by atoms with Crippen molar-refractivity contribution in [1.82, 2.24) is 14.9 Å². The minimum Gasteiger partial charge on any atom is -0.454 e. The van der Waals surface area contributed by atoms with E-state index in [4.69, 9.17) is 23.7 Å². The number of aliphatic hydroxyl groups excluding tert-OH is 1. The van der Waals surface area contributed by atoms with Crippen LogP contribution < -0.4 is 20.1 Å². The van der Waals surface area contributed by atoms with Gasteiger partial charge in [-0.3, -0.25) is 4.79 Å². The molecule has 2 fully saturated rings. The molecule has 3 aliphatic heterocycles. The highest BCUT2D eigenvalue weighted by molar-refractivity contribution is 7.89. The van der Waals surface area contributed by atoms with E-state index in [1.54, 1.807) is 18.2 Å². The number of nitrogens with one attached hydrogen (secondary N) is 2. The monoisotopic (exact) mass is 765 g/mol. The molecule has 13 nitrogen and oxygen atoms in total. The third-order valence-electron chi connectivity index (χ3n) is 10.1. The van der Waals surface area contributed by atoms with Gasteiger partial charge in [-0.2, -0.15) is 4.31 Å². The summed E-state index contributed by atoms with van der Waals surface area (Å²) in [4.78, 5) is 25.7. The first kappa shape index (κ1) is 39.5. The topological polar surface area (TPSA) is 162 Å². The van der Waals surface area contributed by atoms with E-state index in [9.17, 15) is 23.1 Å². The molecule has 3 aromatic rings. The number of benzene rings is 3. The number of aliphatic hydroxyl groups is 1. The molecule has 3 aromatic carbocycles. The maximum absolute atomic E-state index is 14.4. The molecular formula is C40H51N3O10S. The Labute approximate surface area is 317 Å². The summed E-state index contributed by atoms with van der Waals surface area (Å²) in [6.07, 6.45) is 1.13. The van der Waals surface area contributed by atoms with Crippen LogP contribution in [0.5, 0.6) is 11.5 Å². The standard InChI is InChI=1S/C40H51N3O10S/c1-40(2,19-10-5-11-20-41-37(45)29-14-8-4-9-15-29)26-43(54(47,48)30-16-17-34-35(23-30)52-27-51-34)24-33(44)32(22-28-12-6-3-7-13-28)42-39(46)53-36-25-50-38-31(36)18-21-49-38/h3-4,6-9,12-17,23,31-33,36,38,44H,5,10-11,18-22,24-27H2,1-2H3,(H,41,45)(H,42,46)/t31-,32-,33+,36-,38+/m0/s1. The fraction of sp³-hybridized carbons (Fsp3) is 0.500. The zero-order valence-corrected chi connectivity index (χ0v) is 31.7. The molecule has 3 N–H and O–H groups in total. The molecule has 6 rings (SSSR count). The maximum atomic E-state index is 14.4. The van der Waals surface area contributed by atoms with Gasteiger partial charge in [0.1, 0.15) is 6.10 Å². The van der Waals surface area contributed by atoms with Crippen molar-refractivity contribution < 1.29 is 46.8 Å². The second kappa shape index (κ2) is 17.9. The highest BCUT2D eigenvalue weighted by Crippen LogP contribution is 2.36. The number of rotatable bonds is 18. The van der Waals surface area contributed by atoms with Crippen LogP contribution in [0, 0.1) is 11.3 Å². The lowest BCUT2D eigenvalue weighted by molar-refractivity contribution is -0.0907. The molecule has 3 aliphatic rings. The van der Waals surface area contributed by atoms with Crippen LogP contribution in [-0.2, 0) is 30.7 Å². The van der Waals surface area contributed by atoms with E-state index < -0.39 is 46.1 Å². The van der Waals surface area contributed by atoms with Crippen LogP contribution in [0.3, 0.4) is 0 Å². The summed E-state index contributed by atoms with van der Waals surface area (Å²) in [5.41, 5.74) is 0.962. The van der Waals surface area contributed by atoms with Crippen molar-refractivity contribution in [2.75, 3.05) is 39.6 Å². The predicted octanol–water partition coefficient (Wildman–Crippen LogP) is 4.88. The molecule has 0 aromatic heterocycles. The van der Waals surface area contributed by atoms with Gasteiger partial charge in [0.15, 0.2) is 17.8 Å². The Bertz CT molecular complexity index is 1810. The van der Waals surface area contributed by atoms with E-state index >= 15 is 0 Å². The van der Waals surface area contributed by atoms with Crippen LogP contribution in [0.4, 0.5) is 4.79 Å². The predicted molar refractivity (Wildman–Crippen MR) is 199 cm³/mol. The highest BCUT2D eigenvalue weighted by Gasteiger charge is 2.44. The number of hydrogen-bond acceptors (Lipinski definition) is 10. The molecule has 14 heteroatoms. The van der Waals surface area contributed by atoms with Gasteiger partial charge in [0.25, 0.3) is 5.91 Å². The lowest BCUT2D eigenvalue weighted by atomic mass is 9.86. The fourth-order valence-electron chi connectivity index (χ4n) is 7.15. The Hall–Kier alpha value is -4.21. The van der Waals surface area contributed by atoms with E-state index in [0.29, 0.717) is 43.1 Å². The van der Waals surface area contributed by atoms with E-state index in [-0.39, 0.29) is 49.6 Å². The van der Waals surface area contributed by atoms with Gasteiger partial charge in [-0.1, -0.05) is 75.2 Å². The number of amides is 2. The molecule has 0 radical (unpaired) electrons. The molecular weight excluding hydrogens is 715 g/mol. The first-order chi connectivity index (χ1) is 26.0. The van der Waals surface area contributed by atoms with Crippen molar-refractivity contribution in [3.63, 3.8) is 0 Å². The minimum absolute atomic E-state index is 0.00505. The quantitative estimate of drug-likeness (QED) is 0.152. The van der Waals surface area contributed by atoms with Crippen LogP contribution >= 0.6 is 0 Å². The third-order valence-corrected chi connectivity index (χ3v) is 11.9. The van der Waals surface area contributed by atoms with Crippen molar-refractivity contribution in [2.45, 2.75) is 81.8 Å². The van der Waals surface area contributed by atoms with Gasteiger partial charge in [0.05, 0.1) is 36.2 Å². The number of ether oxygens (including phenoxy) is 5. The number of fused-ring (bicyclic) bond motifs is 2. The minimum atomic E-state index is -4.17. The van der Waals surface area contributed by atoms with Crippen LogP contribution in [0.15, 0.2) is 83.8 Å². The van der Waals surface area contributed by atoms with Gasteiger partial charge in [-0.25, -0.2) is 13.2 Å². The van der Waals surface area contributed by atoms with Gasteiger partial charge in [-0.15, -0.1) is 0 Å². The number of alkyl carbamates (subject to hydrolysis) is 1. The van der Waals surface area contributed by atoms with Gasteiger partial charge in [0, 0.05) is 31.3 Å². The average Bonchev–Trinajstić information content (AvgIpc) is 3.92. The van der Waals surface area contributed by atoms with Gasteiger partial charge >= 0.3 is 6.09 Å². The Balaban J connectivity index is 1.14. The molecule has 292 valence electrons. The molecule has 2 amide bonds. The number of sulfonamides is 1. The smallest absolute Gasteiger partial charge is 0.407 e. The third kappa shape index (κ3) is 10.3. The number of carbonyl (C=O) groups is 2. The van der Waals surface area contributed by atoms with Gasteiger partial charge < -0.3 is 39.4 Å². The highest BCUT2D eigenvalue weighted by atomic mass is 32.2. The molecule has 5 atom stereocenters. The Morgan fingerprint density at radius 3 is 2.48 bits per heavy atom. The summed E-state index contributed by atoms with van der Waals surface area (Å²) in [6, 6.07) is 22.0. The van der Waals surface area contributed by atoms with Gasteiger partial charge in [-0.05, 0) is 60.9 Å². The van der Waals surface area contributed by atoms with E-state index in [2.05, 4.69) is 10.6 Å². The largest absolute Gasteiger partial charge is 0.454 e. The normalized spacial score (nSPS) is 20.3. The fourth-order valence-corrected chi connectivity index (χ4v) is 8.81. The maximum Gasteiger partial charge on any atom is 0.407 e. The van der Waals surface area contributed by atoms with Crippen LogP contribution in [0.2, 0.25) is 0 Å². The molecule has 2 saturated heterocycles. The summed E-state index contributed by atoms with van der Waals surface area (Å²) >= 11 is 0. The van der Waals surface area contributed by atoms with Crippen molar-refractivity contribution >= 4 is 22.0 Å². The summed E-state index contributed by atoms with van der Waals surface area (Å²) < 4.78 is 58.0. The summed E-state index contributed by atoms with van der Waals surface area (Å²) in [5.74, 6) is 0.601. The van der Waals surface area contributed by atoms with Crippen LogP contribution in [0.1, 0.15) is 61.9 Å². The summed E-state index contributed by atoms with van der Waals surface area (Å²) in [6.45, 7) is 5.07. The second-order valence-corrected chi connectivity index (χ2v) is 16.8. The Kier molecular flexibility index (Phi) is 13.1. The van der Waals surface area contributed by atoms with Crippen molar-refractivity contribution in [3.8, 4) is 11.5 Å². The van der Waals surface area contributed by atoms with E-state index in [1.165, 1.54) is 16.4 Å². The molecule has 54 heavy (non-hydrogen) atoms. The molecule has 0 aliphatic carbocycles. The Morgan fingerprint density at radius 1 is 0.963 bits per heavy atom. The molecule has 0 unspecified atom stereocenters.